The average molecular weight is 362 g/mol. The fourth-order valence-corrected chi connectivity index (χ4v) is 3.98. The quantitative estimate of drug-likeness (QED) is 0.691. The van der Waals surface area contributed by atoms with Gasteiger partial charge >= 0.3 is 0 Å². The second-order valence-corrected chi connectivity index (χ2v) is 8.38. The molecular weight excluding hydrogens is 336 g/mol. The minimum atomic E-state index is -0.125. The second-order valence-electron chi connectivity index (χ2n) is 8.38. The van der Waals surface area contributed by atoms with Gasteiger partial charge < -0.3 is 0 Å². The van der Waals surface area contributed by atoms with Crippen LogP contribution in [0.25, 0.3) is 22.5 Å². The summed E-state index contributed by atoms with van der Waals surface area (Å²) in [5.74, 6) is 0.684. The molecule has 0 bridgehead atoms. The zero-order chi connectivity index (χ0) is 19.0. The number of hydrogen-bond donors (Lipinski definition) is 1. The first-order valence-electron chi connectivity index (χ1n) is 9.68. The molecule has 1 aliphatic carbocycles. The standard InChI is InChI=1S/C21H26N6/c1-13-12-14(10-11-22-13)17-15-8-6-5-7-9-16(15)23-19(21(2,3)4)18(17)20-24-26-27-25-20/h10-12H,5-9H2,1-4H3,(H,24,25,26,27). The minimum Gasteiger partial charge on any atom is -0.262 e. The van der Waals surface area contributed by atoms with Crippen LogP contribution in [0.3, 0.4) is 0 Å². The molecule has 140 valence electrons. The van der Waals surface area contributed by atoms with Gasteiger partial charge in [-0.15, -0.1) is 5.10 Å². The van der Waals surface area contributed by atoms with Crippen LogP contribution in [0.5, 0.6) is 0 Å². The second kappa shape index (κ2) is 6.83. The van der Waals surface area contributed by atoms with Crippen LogP contribution in [0, 0.1) is 6.92 Å². The van der Waals surface area contributed by atoms with Crippen LogP contribution >= 0.6 is 0 Å². The molecular formula is C21H26N6. The van der Waals surface area contributed by atoms with E-state index in [1.165, 1.54) is 41.6 Å². The SMILES string of the molecule is Cc1cc(-c2c3c(nc(C(C)(C)C)c2-c2nnn[nH]2)CCCCC3)ccn1. The predicted octanol–water partition coefficient (Wildman–Crippen LogP) is 4.20. The van der Waals surface area contributed by atoms with Gasteiger partial charge in [0, 0.05) is 23.0 Å². The number of aromatic nitrogens is 6. The van der Waals surface area contributed by atoms with Crippen LogP contribution in [-0.2, 0) is 18.3 Å². The summed E-state index contributed by atoms with van der Waals surface area (Å²) in [5.41, 5.74) is 7.92. The summed E-state index contributed by atoms with van der Waals surface area (Å²) in [4.78, 5) is 9.57. The number of fused-ring (bicyclic) bond motifs is 1. The molecule has 3 heterocycles. The highest BCUT2D eigenvalue weighted by molar-refractivity contribution is 5.85. The van der Waals surface area contributed by atoms with Gasteiger partial charge in [-0.25, -0.2) is 5.10 Å². The molecule has 0 aliphatic heterocycles. The molecule has 0 amide bonds. The topological polar surface area (TPSA) is 80.2 Å². The Balaban J connectivity index is 2.12. The zero-order valence-electron chi connectivity index (χ0n) is 16.5. The lowest BCUT2D eigenvalue weighted by Gasteiger charge is -2.26. The van der Waals surface area contributed by atoms with Gasteiger partial charge in [0.2, 0.25) is 0 Å². The van der Waals surface area contributed by atoms with Gasteiger partial charge in [0.1, 0.15) is 0 Å². The van der Waals surface area contributed by atoms with Crippen molar-refractivity contribution >= 4 is 0 Å². The molecule has 0 atom stereocenters. The minimum absolute atomic E-state index is 0.125. The van der Waals surface area contributed by atoms with Crippen molar-refractivity contribution in [2.45, 2.75) is 65.2 Å². The molecule has 0 saturated carbocycles. The highest BCUT2D eigenvalue weighted by Gasteiger charge is 2.30. The van der Waals surface area contributed by atoms with Crippen LogP contribution < -0.4 is 0 Å². The van der Waals surface area contributed by atoms with Gasteiger partial charge in [-0.05, 0) is 71.9 Å². The predicted molar refractivity (Wildman–Crippen MR) is 105 cm³/mol. The van der Waals surface area contributed by atoms with Gasteiger partial charge in [-0.3, -0.25) is 9.97 Å². The molecule has 6 heteroatoms. The number of nitrogens with one attached hydrogen (secondary N) is 1. The molecule has 4 rings (SSSR count). The Labute approximate surface area is 159 Å². The van der Waals surface area contributed by atoms with E-state index < -0.39 is 0 Å². The summed E-state index contributed by atoms with van der Waals surface area (Å²) in [5, 5.41) is 14.9. The monoisotopic (exact) mass is 362 g/mol. The van der Waals surface area contributed by atoms with Gasteiger partial charge in [0.25, 0.3) is 0 Å². The lowest BCUT2D eigenvalue weighted by molar-refractivity contribution is 0.566. The van der Waals surface area contributed by atoms with Crippen molar-refractivity contribution in [1.82, 2.24) is 30.6 Å². The fraction of sp³-hybridized carbons (Fsp3) is 0.476. The largest absolute Gasteiger partial charge is 0.262 e. The van der Waals surface area contributed by atoms with E-state index >= 15 is 0 Å². The summed E-state index contributed by atoms with van der Waals surface area (Å²) in [6.07, 6.45) is 7.58. The van der Waals surface area contributed by atoms with Crippen molar-refractivity contribution in [1.29, 1.82) is 0 Å². The van der Waals surface area contributed by atoms with Gasteiger partial charge in [-0.2, -0.15) is 0 Å². The molecule has 6 nitrogen and oxygen atoms in total. The van der Waals surface area contributed by atoms with Crippen molar-refractivity contribution < 1.29 is 0 Å². The lowest BCUT2D eigenvalue weighted by atomic mass is 9.82. The number of aromatic amines is 1. The molecule has 0 unspecified atom stereocenters. The number of nitrogens with zero attached hydrogens (tertiary/aromatic N) is 5. The van der Waals surface area contributed by atoms with Crippen LogP contribution in [0.1, 0.15) is 62.7 Å². The highest BCUT2D eigenvalue weighted by Crippen LogP contribution is 2.42. The normalized spacial score (nSPS) is 14.7. The van der Waals surface area contributed by atoms with E-state index in [0.29, 0.717) is 5.82 Å². The maximum atomic E-state index is 5.18. The van der Waals surface area contributed by atoms with E-state index in [0.717, 1.165) is 29.8 Å². The summed E-state index contributed by atoms with van der Waals surface area (Å²) < 4.78 is 0. The van der Waals surface area contributed by atoms with E-state index in [4.69, 9.17) is 4.98 Å². The van der Waals surface area contributed by atoms with E-state index in [1.807, 2.05) is 13.1 Å². The maximum Gasteiger partial charge on any atom is 0.181 e. The number of tetrazole rings is 1. The Morgan fingerprint density at radius 3 is 2.56 bits per heavy atom. The first-order valence-corrected chi connectivity index (χ1v) is 9.68. The van der Waals surface area contributed by atoms with Crippen molar-refractivity contribution in [3.63, 3.8) is 0 Å². The third kappa shape index (κ3) is 3.36. The van der Waals surface area contributed by atoms with Crippen molar-refractivity contribution in [2.75, 3.05) is 0 Å². The van der Waals surface area contributed by atoms with Crippen molar-refractivity contribution in [2.24, 2.45) is 0 Å². The molecule has 1 aliphatic rings. The Kier molecular flexibility index (Phi) is 4.50. The molecule has 0 radical (unpaired) electrons. The highest BCUT2D eigenvalue weighted by atomic mass is 15.5. The average Bonchev–Trinajstić information content (AvgIpc) is 3.04. The molecule has 0 spiro atoms. The molecule has 27 heavy (non-hydrogen) atoms. The maximum absolute atomic E-state index is 5.18. The molecule has 0 saturated heterocycles. The number of rotatable bonds is 2. The van der Waals surface area contributed by atoms with Crippen molar-refractivity contribution in [3.05, 3.63) is 41.0 Å². The number of pyridine rings is 2. The van der Waals surface area contributed by atoms with E-state index in [2.05, 4.69) is 58.5 Å². The molecule has 3 aromatic heterocycles. The first-order chi connectivity index (χ1) is 12.9. The Bertz CT molecular complexity index is 954. The zero-order valence-corrected chi connectivity index (χ0v) is 16.5. The van der Waals surface area contributed by atoms with E-state index in [-0.39, 0.29) is 5.41 Å². The number of H-pyrrole nitrogens is 1. The van der Waals surface area contributed by atoms with Crippen LogP contribution in [-0.4, -0.2) is 30.6 Å². The first kappa shape index (κ1) is 17.8. The lowest BCUT2D eigenvalue weighted by Crippen LogP contribution is -2.19. The Hall–Kier alpha value is -2.63. The van der Waals surface area contributed by atoms with Crippen LogP contribution in [0.2, 0.25) is 0 Å². The smallest absolute Gasteiger partial charge is 0.181 e. The third-order valence-electron chi connectivity index (χ3n) is 5.20. The summed E-state index contributed by atoms with van der Waals surface area (Å²) >= 11 is 0. The Morgan fingerprint density at radius 1 is 1.04 bits per heavy atom. The van der Waals surface area contributed by atoms with Gasteiger partial charge in [0.15, 0.2) is 5.82 Å². The number of aryl methyl sites for hydroxylation is 2. The van der Waals surface area contributed by atoms with E-state index in [1.54, 1.807) is 0 Å². The summed E-state index contributed by atoms with van der Waals surface area (Å²) in [7, 11) is 0. The van der Waals surface area contributed by atoms with Gasteiger partial charge in [0.05, 0.1) is 11.3 Å². The van der Waals surface area contributed by atoms with Gasteiger partial charge in [-0.1, -0.05) is 27.2 Å². The fourth-order valence-electron chi connectivity index (χ4n) is 3.98. The van der Waals surface area contributed by atoms with Crippen molar-refractivity contribution in [3.8, 4) is 22.5 Å². The molecule has 3 aromatic rings. The van der Waals surface area contributed by atoms with Crippen LogP contribution in [0.15, 0.2) is 18.3 Å². The summed E-state index contributed by atoms with van der Waals surface area (Å²) in [6, 6.07) is 4.24. The van der Waals surface area contributed by atoms with Crippen LogP contribution in [0.4, 0.5) is 0 Å². The summed E-state index contributed by atoms with van der Waals surface area (Å²) in [6.45, 7) is 8.64. The molecule has 1 N–H and O–H groups in total. The van der Waals surface area contributed by atoms with E-state index in [9.17, 15) is 0 Å². The molecule has 0 fully saturated rings. The third-order valence-corrected chi connectivity index (χ3v) is 5.20. The number of hydrogen-bond acceptors (Lipinski definition) is 5. The molecule has 0 aromatic carbocycles. The Morgan fingerprint density at radius 2 is 1.85 bits per heavy atom.